The Morgan fingerprint density at radius 2 is 1.65 bits per heavy atom. The molecule has 0 amide bonds. The fourth-order valence-corrected chi connectivity index (χ4v) is 4.21. The Kier molecular flexibility index (Phi) is 3.84. The lowest BCUT2D eigenvalue weighted by Crippen LogP contribution is -2.53. The first-order valence-electron chi connectivity index (χ1n) is 7.45. The highest BCUT2D eigenvalue weighted by atomic mass is 16.3. The monoisotopic (exact) mass is 239 g/mol. The van der Waals surface area contributed by atoms with Crippen LogP contribution in [0.25, 0.3) is 0 Å². The van der Waals surface area contributed by atoms with Crippen LogP contribution in [0.4, 0.5) is 0 Å². The molecular weight excluding hydrogens is 210 g/mol. The predicted octanol–water partition coefficient (Wildman–Crippen LogP) is 3.08. The minimum Gasteiger partial charge on any atom is -0.389 e. The summed E-state index contributed by atoms with van der Waals surface area (Å²) >= 11 is 0. The molecule has 0 aromatic heterocycles. The van der Waals surface area contributed by atoms with Crippen molar-refractivity contribution in [2.45, 2.75) is 70.8 Å². The molecule has 2 aliphatic rings. The van der Waals surface area contributed by atoms with Crippen LogP contribution in [0.15, 0.2) is 0 Å². The number of hydrogen-bond donors (Lipinski definition) is 2. The molecule has 3 N–H and O–H groups in total. The molecule has 2 saturated carbocycles. The quantitative estimate of drug-likeness (QED) is 0.795. The van der Waals surface area contributed by atoms with Gasteiger partial charge in [-0.1, -0.05) is 26.7 Å². The second-order valence-electron chi connectivity index (χ2n) is 6.80. The van der Waals surface area contributed by atoms with Crippen LogP contribution in [0.3, 0.4) is 0 Å². The SMILES string of the molecule is CC(C)C1CCC(CN)(C2(O)CCCC2)CC1. The van der Waals surface area contributed by atoms with Gasteiger partial charge in [-0.3, -0.25) is 0 Å². The van der Waals surface area contributed by atoms with Gasteiger partial charge in [-0.25, -0.2) is 0 Å². The van der Waals surface area contributed by atoms with Crippen molar-refractivity contribution < 1.29 is 5.11 Å². The molecule has 2 nitrogen and oxygen atoms in total. The highest BCUT2D eigenvalue weighted by Gasteiger charge is 2.51. The molecular formula is C15H29NO. The maximum atomic E-state index is 10.9. The summed E-state index contributed by atoms with van der Waals surface area (Å²) in [4.78, 5) is 0. The topological polar surface area (TPSA) is 46.2 Å². The van der Waals surface area contributed by atoms with E-state index in [2.05, 4.69) is 13.8 Å². The van der Waals surface area contributed by atoms with E-state index in [1.807, 2.05) is 0 Å². The van der Waals surface area contributed by atoms with Crippen molar-refractivity contribution in [3.8, 4) is 0 Å². The Balaban J connectivity index is 2.07. The van der Waals surface area contributed by atoms with E-state index in [-0.39, 0.29) is 5.41 Å². The fourth-order valence-electron chi connectivity index (χ4n) is 4.21. The molecule has 0 saturated heterocycles. The Morgan fingerprint density at radius 1 is 1.12 bits per heavy atom. The zero-order chi connectivity index (χ0) is 12.5. The standard InChI is InChI=1S/C15H29NO/c1-12(2)13-5-9-14(11-16,10-6-13)15(17)7-3-4-8-15/h12-13,17H,3-11,16H2,1-2H3. The zero-order valence-electron chi connectivity index (χ0n) is 11.5. The molecule has 2 heteroatoms. The average molecular weight is 239 g/mol. The molecule has 100 valence electrons. The minimum atomic E-state index is -0.441. The van der Waals surface area contributed by atoms with Gasteiger partial charge in [-0.2, -0.15) is 0 Å². The molecule has 0 unspecified atom stereocenters. The van der Waals surface area contributed by atoms with Gasteiger partial charge in [-0.05, 0) is 50.4 Å². The van der Waals surface area contributed by atoms with E-state index in [1.165, 1.54) is 25.7 Å². The summed E-state index contributed by atoms with van der Waals surface area (Å²) < 4.78 is 0. The minimum absolute atomic E-state index is 0.0366. The third-order valence-corrected chi connectivity index (χ3v) is 5.74. The number of aliphatic hydroxyl groups is 1. The van der Waals surface area contributed by atoms with Crippen molar-refractivity contribution in [1.82, 2.24) is 0 Å². The molecule has 2 fully saturated rings. The second-order valence-corrected chi connectivity index (χ2v) is 6.80. The molecule has 0 spiro atoms. The van der Waals surface area contributed by atoms with Crippen LogP contribution in [-0.4, -0.2) is 17.3 Å². The van der Waals surface area contributed by atoms with Gasteiger partial charge in [0.1, 0.15) is 0 Å². The normalized spacial score (nSPS) is 37.6. The van der Waals surface area contributed by atoms with E-state index in [0.717, 1.165) is 37.5 Å². The summed E-state index contributed by atoms with van der Waals surface area (Å²) in [6.07, 6.45) is 9.14. The third-order valence-electron chi connectivity index (χ3n) is 5.74. The summed E-state index contributed by atoms with van der Waals surface area (Å²) in [5.74, 6) is 1.63. The van der Waals surface area contributed by atoms with Crippen LogP contribution in [0.2, 0.25) is 0 Å². The average Bonchev–Trinajstić information content (AvgIpc) is 2.77. The largest absolute Gasteiger partial charge is 0.389 e. The highest BCUT2D eigenvalue weighted by molar-refractivity contribution is 5.04. The highest BCUT2D eigenvalue weighted by Crippen LogP contribution is 2.53. The summed E-state index contributed by atoms with van der Waals surface area (Å²) in [7, 11) is 0. The van der Waals surface area contributed by atoms with E-state index in [0.29, 0.717) is 6.54 Å². The lowest BCUT2D eigenvalue weighted by atomic mass is 9.59. The number of nitrogens with two attached hydrogens (primary N) is 1. The molecule has 0 heterocycles. The Labute approximate surface area is 106 Å². The molecule has 17 heavy (non-hydrogen) atoms. The van der Waals surface area contributed by atoms with Crippen LogP contribution in [-0.2, 0) is 0 Å². The third kappa shape index (κ3) is 2.26. The first-order chi connectivity index (χ1) is 8.03. The molecule has 0 aliphatic heterocycles. The van der Waals surface area contributed by atoms with Crippen molar-refractivity contribution in [3.05, 3.63) is 0 Å². The lowest BCUT2D eigenvalue weighted by molar-refractivity contribution is -0.102. The molecule has 0 atom stereocenters. The Morgan fingerprint density at radius 3 is 2.06 bits per heavy atom. The van der Waals surface area contributed by atoms with Gasteiger partial charge in [0.2, 0.25) is 0 Å². The Bertz CT molecular complexity index is 248. The van der Waals surface area contributed by atoms with E-state index in [9.17, 15) is 5.11 Å². The van der Waals surface area contributed by atoms with E-state index in [1.54, 1.807) is 0 Å². The first-order valence-corrected chi connectivity index (χ1v) is 7.45. The van der Waals surface area contributed by atoms with Crippen LogP contribution in [0.5, 0.6) is 0 Å². The summed E-state index contributed by atoms with van der Waals surface area (Å²) in [5.41, 5.74) is 5.66. The Hall–Kier alpha value is -0.0800. The summed E-state index contributed by atoms with van der Waals surface area (Å²) in [6.45, 7) is 5.32. The van der Waals surface area contributed by atoms with Crippen molar-refractivity contribution in [1.29, 1.82) is 0 Å². The van der Waals surface area contributed by atoms with Crippen molar-refractivity contribution in [2.24, 2.45) is 23.0 Å². The maximum absolute atomic E-state index is 10.9. The van der Waals surface area contributed by atoms with E-state index >= 15 is 0 Å². The number of rotatable bonds is 3. The van der Waals surface area contributed by atoms with Gasteiger partial charge < -0.3 is 10.8 Å². The van der Waals surface area contributed by atoms with Gasteiger partial charge in [0.15, 0.2) is 0 Å². The first kappa shape index (κ1) is 13.4. The van der Waals surface area contributed by atoms with Crippen LogP contribution in [0.1, 0.15) is 65.2 Å². The van der Waals surface area contributed by atoms with Gasteiger partial charge in [0, 0.05) is 12.0 Å². The van der Waals surface area contributed by atoms with Gasteiger partial charge >= 0.3 is 0 Å². The van der Waals surface area contributed by atoms with Gasteiger partial charge in [0.05, 0.1) is 5.60 Å². The molecule has 0 bridgehead atoms. The molecule has 2 rings (SSSR count). The second kappa shape index (κ2) is 4.89. The predicted molar refractivity (Wildman–Crippen MR) is 71.7 cm³/mol. The van der Waals surface area contributed by atoms with Crippen molar-refractivity contribution in [2.75, 3.05) is 6.54 Å². The van der Waals surface area contributed by atoms with Crippen molar-refractivity contribution in [3.63, 3.8) is 0 Å². The fraction of sp³-hybridized carbons (Fsp3) is 1.00. The molecule has 0 aromatic carbocycles. The van der Waals surface area contributed by atoms with Gasteiger partial charge in [-0.15, -0.1) is 0 Å². The van der Waals surface area contributed by atoms with E-state index < -0.39 is 5.60 Å². The van der Waals surface area contributed by atoms with Crippen LogP contribution in [0, 0.1) is 17.3 Å². The van der Waals surface area contributed by atoms with Crippen LogP contribution >= 0.6 is 0 Å². The molecule has 0 aromatic rings. The van der Waals surface area contributed by atoms with Crippen LogP contribution < -0.4 is 5.73 Å². The summed E-state index contributed by atoms with van der Waals surface area (Å²) in [6, 6.07) is 0. The molecule has 2 aliphatic carbocycles. The summed E-state index contributed by atoms with van der Waals surface area (Å²) in [5, 5.41) is 10.9. The maximum Gasteiger partial charge on any atom is 0.0715 e. The zero-order valence-corrected chi connectivity index (χ0v) is 11.5. The van der Waals surface area contributed by atoms with Gasteiger partial charge in [0.25, 0.3) is 0 Å². The smallest absolute Gasteiger partial charge is 0.0715 e. The van der Waals surface area contributed by atoms with E-state index in [4.69, 9.17) is 5.73 Å². The lowest BCUT2D eigenvalue weighted by Gasteiger charge is -2.49. The van der Waals surface area contributed by atoms with Crippen molar-refractivity contribution >= 4 is 0 Å². The molecule has 0 radical (unpaired) electrons. The number of hydrogen-bond acceptors (Lipinski definition) is 2.